The van der Waals surface area contributed by atoms with Crippen LogP contribution >= 0.6 is 43.2 Å². The van der Waals surface area contributed by atoms with Gasteiger partial charge in [-0.25, -0.2) is 0 Å². The second-order valence-corrected chi connectivity index (χ2v) is 6.20. The highest BCUT2D eigenvalue weighted by Crippen LogP contribution is 2.27. The molecule has 17 heavy (non-hydrogen) atoms. The number of halogens is 2. The van der Waals surface area contributed by atoms with Crippen molar-refractivity contribution < 1.29 is 4.79 Å². The molecule has 2 aromatic rings. The van der Waals surface area contributed by atoms with E-state index in [0.29, 0.717) is 0 Å². The smallest absolute Gasteiger partial charge is 0.266 e. The number of aryl methyl sites for hydroxylation is 1. The van der Waals surface area contributed by atoms with E-state index < -0.39 is 0 Å². The number of rotatable bonds is 2. The molecule has 1 heterocycles. The van der Waals surface area contributed by atoms with E-state index in [-0.39, 0.29) is 5.91 Å². The van der Waals surface area contributed by atoms with Gasteiger partial charge in [-0.05, 0) is 58.1 Å². The number of carbonyl (C=O) groups is 1. The van der Waals surface area contributed by atoms with Crippen LogP contribution in [0.3, 0.4) is 0 Å². The summed E-state index contributed by atoms with van der Waals surface area (Å²) >= 11 is 8.24. The minimum absolute atomic E-state index is 0.0690. The molecular formula is C12H9Br2NOS. The molecule has 0 bridgehead atoms. The van der Waals surface area contributed by atoms with Crippen molar-refractivity contribution in [3.05, 3.63) is 49.0 Å². The lowest BCUT2D eigenvalue weighted by Crippen LogP contribution is -2.11. The Morgan fingerprint density at radius 2 is 2.06 bits per heavy atom. The Kier molecular flexibility index (Phi) is 4.01. The Morgan fingerprint density at radius 3 is 2.65 bits per heavy atom. The second kappa shape index (κ2) is 5.33. The van der Waals surface area contributed by atoms with E-state index in [4.69, 9.17) is 0 Å². The first-order chi connectivity index (χ1) is 8.08. The quantitative estimate of drug-likeness (QED) is 0.800. The maximum atomic E-state index is 12.0. The number of anilines is 1. The number of amides is 1. The maximum absolute atomic E-state index is 12.0. The zero-order valence-electron chi connectivity index (χ0n) is 8.96. The number of nitrogens with one attached hydrogen (secondary N) is 1. The lowest BCUT2D eigenvalue weighted by atomic mass is 10.2. The molecule has 0 saturated heterocycles. The molecule has 2 nitrogen and oxygen atoms in total. The molecule has 0 atom stereocenters. The van der Waals surface area contributed by atoms with Gasteiger partial charge in [0.1, 0.15) is 0 Å². The molecule has 0 aliphatic heterocycles. The van der Waals surface area contributed by atoms with Crippen LogP contribution in [0.25, 0.3) is 0 Å². The van der Waals surface area contributed by atoms with Crippen molar-refractivity contribution in [2.75, 3.05) is 5.32 Å². The van der Waals surface area contributed by atoms with Crippen molar-refractivity contribution in [1.82, 2.24) is 0 Å². The summed E-state index contributed by atoms with van der Waals surface area (Å²) in [5.74, 6) is -0.0690. The number of hydrogen-bond acceptors (Lipinski definition) is 2. The van der Waals surface area contributed by atoms with Crippen LogP contribution in [0.2, 0.25) is 0 Å². The molecule has 0 unspecified atom stereocenters. The van der Waals surface area contributed by atoms with Crippen LogP contribution in [-0.2, 0) is 0 Å². The molecule has 1 aromatic carbocycles. The summed E-state index contributed by atoms with van der Waals surface area (Å²) in [6, 6.07) is 7.59. The van der Waals surface area contributed by atoms with Gasteiger partial charge in [0.05, 0.1) is 10.6 Å². The fourth-order valence-corrected chi connectivity index (χ4v) is 3.34. The van der Waals surface area contributed by atoms with Crippen LogP contribution in [0.1, 0.15) is 15.2 Å². The highest BCUT2D eigenvalue weighted by Gasteiger charge is 2.11. The van der Waals surface area contributed by atoms with Crippen LogP contribution in [-0.4, -0.2) is 5.91 Å². The van der Waals surface area contributed by atoms with Crippen molar-refractivity contribution >= 4 is 54.8 Å². The highest BCUT2D eigenvalue weighted by molar-refractivity contribution is 9.11. The molecule has 1 amide bonds. The average molecular weight is 375 g/mol. The lowest BCUT2D eigenvalue weighted by Gasteiger charge is -2.07. The van der Waals surface area contributed by atoms with E-state index in [0.717, 1.165) is 25.1 Å². The van der Waals surface area contributed by atoms with Gasteiger partial charge in [-0.2, -0.15) is 0 Å². The lowest BCUT2D eigenvalue weighted by molar-refractivity contribution is 0.103. The third-order valence-electron chi connectivity index (χ3n) is 2.25. The minimum atomic E-state index is -0.0690. The second-order valence-electron chi connectivity index (χ2n) is 3.51. The number of thiophene rings is 1. The third-order valence-corrected chi connectivity index (χ3v) is 4.41. The monoisotopic (exact) mass is 373 g/mol. The zero-order chi connectivity index (χ0) is 12.4. The van der Waals surface area contributed by atoms with E-state index in [9.17, 15) is 4.79 Å². The first kappa shape index (κ1) is 12.8. The van der Waals surface area contributed by atoms with Gasteiger partial charge in [0.2, 0.25) is 0 Å². The normalized spacial score (nSPS) is 10.3. The van der Waals surface area contributed by atoms with Gasteiger partial charge >= 0.3 is 0 Å². The van der Waals surface area contributed by atoms with E-state index in [1.807, 2.05) is 36.6 Å². The Balaban J connectivity index is 2.22. The summed E-state index contributed by atoms with van der Waals surface area (Å²) in [7, 11) is 0. The Hall–Kier alpha value is -0.650. The Bertz CT molecular complexity index is 565. The van der Waals surface area contributed by atoms with Crippen molar-refractivity contribution in [1.29, 1.82) is 0 Å². The Morgan fingerprint density at radius 1 is 1.29 bits per heavy atom. The van der Waals surface area contributed by atoms with E-state index >= 15 is 0 Å². The molecule has 88 valence electrons. The fraction of sp³-hybridized carbons (Fsp3) is 0.0833. The molecule has 1 N–H and O–H groups in total. The van der Waals surface area contributed by atoms with Crippen molar-refractivity contribution in [3.8, 4) is 0 Å². The molecule has 0 spiro atoms. The molecule has 0 aliphatic carbocycles. The summed E-state index contributed by atoms with van der Waals surface area (Å²) < 4.78 is 1.82. The molecular weight excluding hydrogens is 366 g/mol. The van der Waals surface area contributed by atoms with Crippen LogP contribution < -0.4 is 5.32 Å². The molecule has 0 saturated carbocycles. The molecule has 5 heteroatoms. The predicted octanol–water partition coefficient (Wildman–Crippen LogP) is 4.83. The molecule has 2 rings (SSSR count). The van der Waals surface area contributed by atoms with E-state index in [1.54, 1.807) is 0 Å². The standard InChI is InChI=1S/C12H9Br2NOS/c1-7-4-5-17-11(7)12(16)15-10-3-2-8(13)6-9(10)14/h2-6H,1H3,(H,15,16). The van der Waals surface area contributed by atoms with Gasteiger partial charge in [0.25, 0.3) is 5.91 Å². The average Bonchev–Trinajstić information content (AvgIpc) is 2.68. The van der Waals surface area contributed by atoms with Crippen LogP contribution in [0, 0.1) is 6.92 Å². The van der Waals surface area contributed by atoms with Crippen molar-refractivity contribution in [2.45, 2.75) is 6.92 Å². The number of hydrogen-bond donors (Lipinski definition) is 1. The van der Waals surface area contributed by atoms with Gasteiger partial charge in [-0.15, -0.1) is 11.3 Å². The first-order valence-electron chi connectivity index (χ1n) is 4.88. The first-order valence-corrected chi connectivity index (χ1v) is 7.35. The topological polar surface area (TPSA) is 29.1 Å². The predicted molar refractivity (Wildman–Crippen MR) is 78.9 cm³/mol. The van der Waals surface area contributed by atoms with Gasteiger partial charge in [-0.1, -0.05) is 15.9 Å². The van der Waals surface area contributed by atoms with Gasteiger partial charge in [-0.3, -0.25) is 4.79 Å². The largest absolute Gasteiger partial charge is 0.320 e. The van der Waals surface area contributed by atoms with Crippen molar-refractivity contribution in [3.63, 3.8) is 0 Å². The Labute approximate surface area is 120 Å². The van der Waals surface area contributed by atoms with Gasteiger partial charge < -0.3 is 5.32 Å². The van der Waals surface area contributed by atoms with Crippen LogP contribution in [0.5, 0.6) is 0 Å². The molecule has 1 aromatic heterocycles. The molecule has 0 radical (unpaired) electrons. The van der Waals surface area contributed by atoms with Crippen molar-refractivity contribution in [2.24, 2.45) is 0 Å². The zero-order valence-corrected chi connectivity index (χ0v) is 12.9. The fourth-order valence-electron chi connectivity index (χ4n) is 1.38. The third kappa shape index (κ3) is 2.97. The van der Waals surface area contributed by atoms with Gasteiger partial charge in [0, 0.05) is 8.95 Å². The SMILES string of the molecule is Cc1ccsc1C(=O)Nc1ccc(Br)cc1Br. The summed E-state index contributed by atoms with van der Waals surface area (Å²) in [4.78, 5) is 12.7. The minimum Gasteiger partial charge on any atom is -0.320 e. The summed E-state index contributed by atoms with van der Waals surface area (Å²) in [6.45, 7) is 1.93. The van der Waals surface area contributed by atoms with E-state index in [1.165, 1.54) is 11.3 Å². The van der Waals surface area contributed by atoms with Crippen LogP contribution in [0.4, 0.5) is 5.69 Å². The highest BCUT2D eigenvalue weighted by atomic mass is 79.9. The van der Waals surface area contributed by atoms with Gasteiger partial charge in [0.15, 0.2) is 0 Å². The van der Waals surface area contributed by atoms with E-state index in [2.05, 4.69) is 37.2 Å². The summed E-state index contributed by atoms with van der Waals surface area (Å²) in [5.41, 5.74) is 1.77. The maximum Gasteiger partial charge on any atom is 0.266 e. The summed E-state index contributed by atoms with van der Waals surface area (Å²) in [6.07, 6.45) is 0. The van der Waals surface area contributed by atoms with Crippen LogP contribution in [0.15, 0.2) is 38.6 Å². The number of benzene rings is 1. The molecule has 0 fully saturated rings. The molecule has 0 aliphatic rings. The summed E-state index contributed by atoms with van der Waals surface area (Å²) in [5, 5.41) is 4.80. The number of carbonyl (C=O) groups excluding carboxylic acids is 1.